The summed E-state index contributed by atoms with van der Waals surface area (Å²) in [7, 11) is 1.66. The maximum atomic E-state index is 5.62. The molecule has 2 N–H and O–H groups in total. The lowest BCUT2D eigenvalue weighted by Crippen LogP contribution is -2.05. The second-order valence-corrected chi connectivity index (χ2v) is 4.92. The number of hydrogen-bond donors (Lipinski definition) is 1. The van der Waals surface area contributed by atoms with Crippen LogP contribution in [0.3, 0.4) is 0 Å². The highest BCUT2D eigenvalue weighted by Gasteiger charge is 2.16. The van der Waals surface area contributed by atoms with Crippen LogP contribution in [0.4, 0.5) is 0 Å². The van der Waals surface area contributed by atoms with Crippen LogP contribution in [0.25, 0.3) is 5.69 Å². The molecule has 1 heterocycles. The predicted molar refractivity (Wildman–Crippen MR) is 75.3 cm³/mol. The zero-order chi connectivity index (χ0) is 13.1. The molecule has 1 aromatic heterocycles. The highest BCUT2D eigenvalue weighted by atomic mass is 79.9. The Morgan fingerprint density at radius 1 is 1.44 bits per heavy atom. The van der Waals surface area contributed by atoms with Crippen LogP contribution in [0.5, 0.6) is 5.88 Å². The topological polar surface area (TPSA) is 53.1 Å². The molecule has 0 saturated heterocycles. The second-order valence-electron chi connectivity index (χ2n) is 4.00. The lowest BCUT2D eigenvalue weighted by Gasteiger charge is -2.08. The Morgan fingerprint density at radius 2 is 2.22 bits per heavy atom. The van der Waals surface area contributed by atoms with E-state index in [4.69, 9.17) is 10.5 Å². The molecular formula is C13H16BrN3O. The van der Waals surface area contributed by atoms with Gasteiger partial charge in [0.25, 0.3) is 0 Å². The first-order chi connectivity index (χ1) is 8.67. The van der Waals surface area contributed by atoms with Gasteiger partial charge in [-0.2, -0.15) is 5.10 Å². The van der Waals surface area contributed by atoms with Crippen molar-refractivity contribution in [3.05, 3.63) is 40.0 Å². The zero-order valence-corrected chi connectivity index (χ0v) is 12.1. The molecule has 0 aliphatic heterocycles. The number of rotatable bonds is 4. The van der Waals surface area contributed by atoms with Crippen LogP contribution < -0.4 is 10.5 Å². The fraction of sp³-hybridized carbons (Fsp3) is 0.308. The van der Waals surface area contributed by atoms with Gasteiger partial charge in [0.2, 0.25) is 5.88 Å². The molecule has 0 radical (unpaired) electrons. The van der Waals surface area contributed by atoms with Gasteiger partial charge >= 0.3 is 0 Å². The highest BCUT2D eigenvalue weighted by Crippen LogP contribution is 2.27. The number of aromatic nitrogens is 2. The summed E-state index contributed by atoms with van der Waals surface area (Å²) in [6.07, 6.45) is 0.767. The van der Waals surface area contributed by atoms with Crippen LogP contribution in [0.2, 0.25) is 0 Å². The maximum absolute atomic E-state index is 5.62. The summed E-state index contributed by atoms with van der Waals surface area (Å²) in [6.45, 7) is 2.56. The van der Waals surface area contributed by atoms with Crippen LogP contribution in [0.1, 0.15) is 11.3 Å². The fourth-order valence-electron chi connectivity index (χ4n) is 1.96. The van der Waals surface area contributed by atoms with E-state index < -0.39 is 0 Å². The van der Waals surface area contributed by atoms with Gasteiger partial charge in [0.05, 0.1) is 18.5 Å². The predicted octanol–water partition coefficient (Wildman–Crippen LogP) is 2.45. The van der Waals surface area contributed by atoms with Crippen molar-refractivity contribution in [3.8, 4) is 11.6 Å². The molecule has 5 heteroatoms. The number of methoxy groups -OCH3 is 1. The Hall–Kier alpha value is -1.33. The van der Waals surface area contributed by atoms with Gasteiger partial charge in [-0.15, -0.1) is 0 Å². The van der Waals surface area contributed by atoms with E-state index in [1.54, 1.807) is 7.11 Å². The van der Waals surface area contributed by atoms with Gasteiger partial charge in [0.1, 0.15) is 0 Å². The first kappa shape index (κ1) is 13.1. The van der Waals surface area contributed by atoms with Gasteiger partial charge in [-0.1, -0.05) is 22.0 Å². The smallest absolute Gasteiger partial charge is 0.219 e. The molecule has 96 valence electrons. The van der Waals surface area contributed by atoms with Crippen LogP contribution >= 0.6 is 15.9 Å². The second kappa shape index (κ2) is 5.54. The highest BCUT2D eigenvalue weighted by molar-refractivity contribution is 9.10. The average molecular weight is 310 g/mol. The summed E-state index contributed by atoms with van der Waals surface area (Å²) in [5, 5.41) is 4.53. The lowest BCUT2D eigenvalue weighted by molar-refractivity contribution is 0.379. The Morgan fingerprint density at radius 3 is 2.83 bits per heavy atom. The molecule has 0 fully saturated rings. The summed E-state index contributed by atoms with van der Waals surface area (Å²) in [5.41, 5.74) is 8.62. The number of benzene rings is 1. The van der Waals surface area contributed by atoms with Crippen LogP contribution in [0, 0.1) is 6.92 Å². The van der Waals surface area contributed by atoms with Crippen molar-refractivity contribution in [2.75, 3.05) is 13.7 Å². The Bertz CT molecular complexity index is 551. The molecular weight excluding hydrogens is 294 g/mol. The van der Waals surface area contributed by atoms with Gasteiger partial charge in [0, 0.05) is 10.0 Å². The van der Waals surface area contributed by atoms with Crippen molar-refractivity contribution in [2.24, 2.45) is 5.73 Å². The first-order valence-electron chi connectivity index (χ1n) is 5.76. The monoisotopic (exact) mass is 309 g/mol. The minimum absolute atomic E-state index is 0.585. The number of nitrogens with two attached hydrogens (primary N) is 1. The molecule has 0 spiro atoms. The minimum atomic E-state index is 0.585. The molecule has 2 rings (SSSR count). The number of halogens is 1. The first-order valence-corrected chi connectivity index (χ1v) is 6.55. The maximum Gasteiger partial charge on any atom is 0.219 e. The molecule has 0 aliphatic rings. The average Bonchev–Trinajstić information content (AvgIpc) is 2.67. The number of aryl methyl sites for hydroxylation is 1. The minimum Gasteiger partial charge on any atom is -0.481 e. The van der Waals surface area contributed by atoms with Crippen LogP contribution in [-0.4, -0.2) is 23.4 Å². The van der Waals surface area contributed by atoms with Crippen molar-refractivity contribution in [3.63, 3.8) is 0 Å². The third-order valence-electron chi connectivity index (χ3n) is 2.78. The molecule has 0 aliphatic carbocycles. The Labute approximate surface area is 115 Å². The van der Waals surface area contributed by atoms with Crippen molar-refractivity contribution >= 4 is 15.9 Å². The molecule has 18 heavy (non-hydrogen) atoms. The van der Waals surface area contributed by atoms with Gasteiger partial charge in [-0.05, 0) is 38.1 Å². The van der Waals surface area contributed by atoms with E-state index >= 15 is 0 Å². The fourth-order valence-corrected chi connectivity index (χ4v) is 2.35. The molecule has 0 unspecified atom stereocenters. The van der Waals surface area contributed by atoms with Gasteiger partial charge in [0.15, 0.2) is 0 Å². The van der Waals surface area contributed by atoms with Crippen molar-refractivity contribution in [1.29, 1.82) is 0 Å². The number of hydrogen-bond acceptors (Lipinski definition) is 3. The van der Waals surface area contributed by atoms with Crippen molar-refractivity contribution < 1.29 is 4.74 Å². The van der Waals surface area contributed by atoms with Gasteiger partial charge in [-0.25, -0.2) is 4.68 Å². The largest absolute Gasteiger partial charge is 0.481 e. The van der Waals surface area contributed by atoms with E-state index in [2.05, 4.69) is 21.0 Å². The lowest BCUT2D eigenvalue weighted by atomic mass is 10.2. The third-order valence-corrected chi connectivity index (χ3v) is 3.27. The number of ether oxygens (including phenoxy) is 1. The normalized spacial score (nSPS) is 10.7. The van der Waals surface area contributed by atoms with Crippen molar-refractivity contribution in [1.82, 2.24) is 9.78 Å². The van der Waals surface area contributed by atoms with Crippen LogP contribution in [-0.2, 0) is 6.42 Å². The van der Waals surface area contributed by atoms with E-state index in [1.165, 1.54) is 0 Å². The van der Waals surface area contributed by atoms with E-state index in [9.17, 15) is 0 Å². The standard InChI is InChI=1S/C13H16BrN3O/c1-9-12(6-7-15)13(18-2)17(16-9)11-5-3-4-10(14)8-11/h3-5,8H,6-7,15H2,1-2H3. The third kappa shape index (κ3) is 2.42. The van der Waals surface area contributed by atoms with Gasteiger partial charge in [-0.3, -0.25) is 0 Å². The zero-order valence-electron chi connectivity index (χ0n) is 10.5. The van der Waals surface area contributed by atoms with E-state index in [0.717, 1.165) is 33.7 Å². The molecule has 0 saturated carbocycles. The van der Waals surface area contributed by atoms with Crippen molar-refractivity contribution in [2.45, 2.75) is 13.3 Å². The Kier molecular flexibility index (Phi) is 4.04. The van der Waals surface area contributed by atoms with Gasteiger partial charge < -0.3 is 10.5 Å². The summed E-state index contributed by atoms with van der Waals surface area (Å²) in [4.78, 5) is 0. The summed E-state index contributed by atoms with van der Waals surface area (Å²) < 4.78 is 8.29. The summed E-state index contributed by atoms with van der Waals surface area (Å²) in [6, 6.07) is 7.94. The summed E-state index contributed by atoms with van der Waals surface area (Å²) >= 11 is 3.46. The molecule has 0 bridgehead atoms. The molecule has 1 aromatic carbocycles. The molecule has 4 nitrogen and oxygen atoms in total. The molecule has 0 amide bonds. The van der Waals surface area contributed by atoms with Crippen LogP contribution in [0.15, 0.2) is 28.7 Å². The van der Waals surface area contributed by atoms with E-state index in [0.29, 0.717) is 6.54 Å². The number of nitrogens with zero attached hydrogens (tertiary/aromatic N) is 2. The molecule has 0 atom stereocenters. The SMILES string of the molecule is COc1c(CCN)c(C)nn1-c1cccc(Br)c1. The Balaban J connectivity index is 2.54. The van der Waals surface area contributed by atoms with E-state index in [-0.39, 0.29) is 0 Å². The molecule has 2 aromatic rings. The quantitative estimate of drug-likeness (QED) is 0.944. The van der Waals surface area contributed by atoms with E-state index in [1.807, 2.05) is 35.9 Å². The summed E-state index contributed by atoms with van der Waals surface area (Å²) in [5.74, 6) is 0.760.